The summed E-state index contributed by atoms with van der Waals surface area (Å²) in [6.45, 7) is 0. The van der Waals surface area contributed by atoms with Crippen LogP contribution in [0.3, 0.4) is 0 Å². The number of fused-ring (bicyclic) bond motifs is 1. The molecule has 0 radical (unpaired) electrons. The third kappa shape index (κ3) is 3.74. The van der Waals surface area contributed by atoms with Gasteiger partial charge in [-0.05, 0) is 63.7 Å². The topological polar surface area (TPSA) is 89.7 Å². The van der Waals surface area contributed by atoms with Crippen molar-refractivity contribution in [2.75, 3.05) is 19.4 Å². The summed E-state index contributed by atoms with van der Waals surface area (Å²) < 4.78 is 1.86. The molecule has 1 aromatic carbocycles. The molecule has 7 nitrogen and oxygen atoms in total. The quantitative estimate of drug-likeness (QED) is 0.680. The van der Waals surface area contributed by atoms with Crippen LogP contribution in [-0.2, 0) is 0 Å². The van der Waals surface area contributed by atoms with Crippen LogP contribution in [-0.4, -0.2) is 39.8 Å². The van der Waals surface area contributed by atoms with Crippen molar-refractivity contribution in [1.82, 2.24) is 19.7 Å². The van der Waals surface area contributed by atoms with E-state index >= 15 is 0 Å². The molecule has 0 saturated heterocycles. The average Bonchev–Trinajstić information content (AvgIpc) is 3.08. The van der Waals surface area contributed by atoms with E-state index in [4.69, 9.17) is 16.7 Å². The Hall–Kier alpha value is -2.82. The minimum atomic E-state index is -0.208. The Morgan fingerprint density at radius 3 is 2.72 bits per heavy atom. The zero-order valence-corrected chi connectivity index (χ0v) is 17.1. The molecule has 0 spiro atoms. The number of halogens is 1. The van der Waals surface area contributed by atoms with Crippen LogP contribution in [0.1, 0.15) is 25.3 Å². The van der Waals surface area contributed by atoms with E-state index in [0.717, 1.165) is 30.5 Å². The number of pyridine rings is 1. The minimum absolute atomic E-state index is 0.0683. The van der Waals surface area contributed by atoms with Gasteiger partial charge in [0.25, 0.3) is 5.56 Å². The molecule has 2 N–H and O–H groups in total. The van der Waals surface area contributed by atoms with Gasteiger partial charge in [-0.25, -0.2) is 0 Å². The lowest BCUT2D eigenvalue weighted by atomic mass is 9.82. The summed E-state index contributed by atoms with van der Waals surface area (Å²) in [5, 5.41) is 18.9. The molecule has 3 atom stereocenters. The van der Waals surface area contributed by atoms with Gasteiger partial charge >= 0.3 is 0 Å². The molecule has 4 rings (SSSR count). The Bertz CT molecular complexity index is 1110. The van der Waals surface area contributed by atoms with E-state index in [1.54, 1.807) is 18.3 Å². The smallest absolute Gasteiger partial charge is 0.261 e. The number of anilines is 2. The van der Waals surface area contributed by atoms with Crippen molar-refractivity contribution in [2.45, 2.75) is 31.3 Å². The fourth-order valence-electron chi connectivity index (χ4n) is 4.14. The molecule has 3 aromatic rings. The number of benzene rings is 1. The number of hydrogen-bond acceptors (Lipinski definition) is 5. The molecular formula is C21H23ClN6O. The predicted molar refractivity (Wildman–Crippen MR) is 115 cm³/mol. The number of aromatic amines is 1. The Morgan fingerprint density at radius 2 is 2.03 bits per heavy atom. The molecule has 2 aromatic heterocycles. The van der Waals surface area contributed by atoms with Crippen LogP contribution in [0.2, 0.25) is 5.02 Å². The van der Waals surface area contributed by atoms with Gasteiger partial charge in [0, 0.05) is 22.9 Å². The van der Waals surface area contributed by atoms with Gasteiger partial charge in [0.05, 0.1) is 23.5 Å². The largest absolute Gasteiger partial charge is 0.338 e. The second kappa shape index (κ2) is 7.90. The van der Waals surface area contributed by atoms with Crippen molar-refractivity contribution >= 4 is 34.0 Å². The number of nitriles is 1. The lowest BCUT2D eigenvalue weighted by Crippen LogP contribution is -2.37. The maximum absolute atomic E-state index is 12.6. The molecule has 0 bridgehead atoms. The van der Waals surface area contributed by atoms with Crippen molar-refractivity contribution < 1.29 is 0 Å². The highest BCUT2D eigenvalue weighted by Gasteiger charge is 2.34. The normalized spacial score (nSPS) is 22.0. The summed E-state index contributed by atoms with van der Waals surface area (Å²) in [6, 6.07) is 11.9. The molecule has 0 aliphatic heterocycles. The first-order valence-corrected chi connectivity index (χ1v) is 10.0. The van der Waals surface area contributed by atoms with Crippen molar-refractivity contribution in [3.05, 3.63) is 51.9 Å². The average molecular weight is 411 g/mol. The molecule has 2 heterocycles. The van der Waals surface area contributed by atoms with Crippen LogP contribution in [0.5, 0.6) is 0 Å². The fourth-order valence-corrected chi connectivity index (χ4v) is 4.27. The summed E-state index contributed by atoms with van der Waals surface area (Å²) >= 11 is 5.97. The van der Waals surface area contributed by atoms with E-state index < -0.39 is 0 Å². The van der Waals surface area contributed by atoms with E-state index in [1.165, 1.54) is 0 Å². The first-order valence-electron chi connectivity index (χ1n) is 9.66. The van der Waals surface area contributed by atoms with Crippen LogP contribution in [0, 0.1) is 17.2 Å². The van der Waals surface area contributed by atoms with Crippen LogP contribution >= 0.6 is 11.6 Å². The standard InChI is InChI=1S/C21H23ClN6O/c1-27(2)16-7-8-17(13(11-16)12-23)28-18-9-10-24-21(29)19(18)20(26-28)25-15-5-3-14(22)4-6-15/h3-6,9-10,13,16-17H,7-8,11H2,1-2H3,(H,24,29)(H,25,26). The Kier molecular flexibility index (Phi) is 5.31. The number of hydrogen-bond donors (Lipinski definition) is 2. The number of nitrogens with one attached hydrogen (secondary N) is 2. The summed E-state index contributed by atoms with van der Waals surface area (Å²) in [7, 11) is 4.10. The maximum atomic E-state index is 12.6. The lowest BCUT2D eigenvalue weighted by molar-refractivity contribution is 0.160. The minimum Gasteiger partial charge on any atom is -0.338 e. The van der Waals surface area contributed by atoms with Crippen molar-refractivity contribution in [3.63, 3.8) is 0 Å². The van der Waals surface area contributed by atoms with Gasteiger partial charge in [0.1, 0.15) is 5.39 Å². The Morgan fingerprint density at radius 1 is 1.28 bits per heavy atom. The molecule has 1 aliphatic rings. The maximum Gasteiger partial charge on any atom is 0.261 e. The summed E-state index contributed by atoms with van der Waals surface area (Å²) in [5.74, 6) is 0.317. The summed E-state index contributed by atoms with van der Waals surface area (Å²) in [5.41, 5.74) is 1.32. The Balaban J connectivity index is 1.76. The number of rotatable bonds is 4. The van der Waals surface area contributed by atoms with Crippen LogP contribution in [0.4, 0.5) is 11.5 Å². The first kappa shape index (κ1) is 19.5. The zero-order chi connectivity index (χ0) is 20.5. The third-order valence-corrected chi connectivity index (χ3v) is 5.99. The van der Waals surface area contributed by atoms with E-state index in [9.17, 15) is 10.1 Å². The lowest BCUT2D eigenvalue weighted by Gasteiger charge is -2.36. The predicted octanol–water partition coefficient (Wildman–Crippen LogP) is 3.92. The number of nitrogens with zero attached hydrogens (tertiary/aromatic N) is 4. The van der Waals surface area contributed by atoms with Gasteiger partial charge in [-0.15, -0.1) is 0 Å². The molecule has 1 saturated carbocycles. The molecule has 3 unspecified atom stereocenters. The van der Waals surface area contributed by atoms with Crippen LogP contribution in [0.15, 0.2) is 41.3 Å². The highest BCUT2D eigenvalue weighted by Crippen LogP contribution is 2.37. The third-order valence-electron chi connectivity index (χ3n) is 5.73. The highest BCUT2D eigenvalue weighted by molar-refractivity contribution is 6.30. The van der Waals surface area contributed by atoms with Gasteiger partial charge in [-0.2, -0.15) is 10.4 Å². The van der Waals surface area contributed by atoms with Gasteiger partial charge in [0.15, 0.2) is 5.82 Å². The second-order valence-corrected chi connectivity index (χ2v) is 8.16. The van der Waals surface area contributed by atoms with E-state index in [1.807, 2.05) is 22.9 Å². The van der Waals surface area contributed by atoms with Crippen molar-refractivity contribution in [1.29, 1.82) is 5.26 Å². The molecule has 29 heavy (non-hydrogen) atoms. The van der Waals surface area contributed by atoms with Gasteiger partial charge in [-0.1, -0.05) is 11.6 Å². The zero-order valence-electron chi connectivity index (χ0n) is 16.4. The molecule has 1 aliphatic carbocycles. The summed E-state index contributed by atoms with van der Waals surface area (Å²) in [6.07, 6.45) is 4.24. The molecule has 150 valence electrons. The summed E-state index contributed by atoms with van der Waals surface area (Å²) in [4.78, 5) is 17.5. The second-order valence-electron chi connectivity index (χ2n) is 7.73. The van der Waals surface area contributed by atoms with E-state index in [0.29, 0.717) is 22.3 Å². The monoisotopic (exact) mass is 410 g/mol. The molecule has 0 amide bonds. The molecular weight excluding hydrogens is 388 g/mol. The van der Waals surface area contributed by atoms with Crippen molar-refractivity contribution in [2.24, 2.45) is 5.92 Å². The molecule has 1 fully saturated rings. The number of aromatic nitrogens is 3. The van der Waals surface area contributed by atoms with Crippen LogP contribution < -0.4 is 10.9 Å². The van der Waals surface area contributed by atoms with E-state index in [-0.39, 0.29) is 17.5 Å². The molecule has 8 heteroatoms. The fraction of sp³-hybridized carbons (Fsp3) is 0.381. The van der Waals surface area contributed by atoms with Crippen molar-refractivity contribution in [3.8, 4) is 6.07 Å². The number of H-pyrrole nitrogens is 1. The van der Waals surface area contributed by atoms with Crippen LogP contribution in [0.25, 0.3) is 10.9 Å². The van der Waals surface area contributed by atoms with Gasteiger partial charge < -0.3 is 15.2 Å². The highest BCUT2D eigenvalue weighted by atomic mass is 35.5. The SMILES string of the molecule is CN(C)C1CCC(n2nc(Nc3ccc(Cl)cc3)c3c(=O)[nH]ccc32)C(C#N)C1. The van der Waals surface area contributed by atoms with Gasteiger partial charge in [-0.3, -0.25) is 9.48 Å². The Labute approximate surface area is 173 Å². The first-order chi connectivity index (χ1) is 14.0. The van der Waals surface area contributed by atoms with Gasteiger partial charge in [0.2, 0.25) is 0 Å². The van der Waals surface area contributed by atoms with E-state index in [2.05, 4.69) is 35.4 Å².